The molecule has 2 aliphatic rings. The molecule has 2 N–H and O–H groups in total. The number of rotatable bonds is 5. The first-order valence-electron chi connectivity index (χ1n) is 9.86. The number of nitrogens with one attached hydrogen (secondary N) is 2. The lowest BCUT2D eigenvalue weighted by Crippen LogP contribution is -2.50. The van der Waals surface area contributed by atoms with Crippen molar-refractivity contribution in [3.05, 3.63) is 35.4 Å². The van der Waals surface area contributed by atoms with Crippen molar-refractivity contribution < 1.29 is 8.42 Å². The van der Waals surface area contributed by atoms with Crippen LogP contribution in [0.4, 0.5) is 0 Å². The molecule has 1 aromatic rings. The second-order valence-corrected chi connectivity index (χ2v) is 10.4. The fourth-order valence-corrected chi connectivity index (χ4v) is 5.48. The molecular formula is C20H33IN4O2S. The Balaban J connectivity index is 0.00000280. The maximum atomic E-state index is 11.7. The van der Waals surface area contributed by atoms with E-state index < -0.39 is 9.84 Å². The summed E-state index contributed by atoms with van der Waals surface area (Å²) in [7, 11) is -2.90. The lowest BCUT2D eigenvalue weighted by molar-refractivity contribution is 0.111. The third-order valence-corrected chi connectivity index (χ3v) is 7.30. The number of halogens is 1. The van der Waals surface area contributed by atoms with Crippen LogP contribution in [0.1, 0.15) is 38.3 Å². The second kappa shape index (κ2) is 9.75. The van der Waals surface area contributed by atoms with Gasteiger partial charge in [0.25, 0.3) is 0 Å². The van der Waals surface area contributed by atoms with Crippen molar-refractivity contribution in [1.29, 1.82) is 0 Å². The Morgan fingerprint density at radius 1 is 1.29 bits per heavy atom. The molecule has 0 aliphatic carbocycles. The van der Waals surface area contributed by atoms with E-state index in [4.69, 9.17) is 4.99 Å². The van der Waals surface area contributed by atoms with Gasteiger partial charge in [0.05, 0.1) is 18.1 Å². The average Bonchev–Trinajstić information content (AvgIpc) is 2.98. The quantitative estimate of drug-likeness (QED) is 0.354. The predicted molar refractivity (Wildman–Crippen MR) is 126 cm³/mol. The summed E-state index contributed by atoms with van der Waals surface area (Å²) in [6.45, 7) is 9.87. The van der Waals surface area contributed by atoms with Crippen molar-refractivity contribution in [1.82, 2.24) is 15.5 Å². The van der Waals surface area contributed by atoms with Gasteiger partial charge in [0.2, 0.25) is 0 Å². The summed E-state index contributed by atoms with van der Waals surface area (Å²) in [6.07, 6.45) is 1.72. The highest BCUT2D eigenvalue weighted by Gasteiger charge is 2.31. The average molecular weight is 520 g/mol. The molecule has 1 unspecified atom stereocenters. The van der Waals surface area contributed by atoms with Crippen LogP contribution in [0.2, 0.25) is 0 Å². The van der Waals surface area contributed by atoms with Crippen LogP contribution in [0, 0.1) is 0 Å². The summed E-state index contributed by atoms with van der Waals surface area (Å²) in [5.41, 5.74) is 2.78. The molecule has 1 fully saturated rings. The molecule has 6 nitrogen and oxygen atoms in total. The first-order valence-corrected chi connectivity index (χ1v) is 11.7. The van der Waals surface area contributed by atoms with E-state index in [0.29, 0.717) is 18.9 Å². The van der Waals surface area contributed by atoms with Crippen molar-refractivity contribution in [3.63, 3.8) is 0 Å². The maximum absolute atomic E-state index is 11.7. The molecule has 0 bridgehead atoms. The van der Waals surface area contributed by atoms with Crippen molar-refractivity contribution in [2.24, 2.45) is 4.99 Å². The Kier molecular flexibility index (Phi) is 8.16. The molecule has 1 saturated heterocycles. The van der Waals surface area contributed by atoms with Gasteiger partial charge in [-0.2, -0.15) is 0 Å². The second-order valence-electron chi connectivity index (χ2n) is 8.19. The zero-order chi connectivity index (χ0) is 19.5. The molecule has 0 spiro atoms. The number of hydrogen-bond acceptors (Lipinski definition) is 4. The Morgan fingerprint density at radius 2 is 2.00 bits per heavy atom. The van der Waals surface area contributed by atoms with Crippen LogP contribution in [0.25, 0.3) is 0 Å². The summed E-state index contributed by atoms with van der Waals surface area (Å²) in [5, 5.41) is 6.56. The van der Waals surface area contributed by atoms with Crippen LogP contribution in [0.3, 0.4) is 0 Å². The summed E-state index contributed by atoms with van der Waals surface area (Å²) in [5.74, 6) is 1.18. The van der Waals surface area contributed by atoms with E-state index in [-0.39, 0.29) is 47.1 Å². The molecule has 0 saturated carbocycles. The molecule has 158 valence electrons. The van der Waals surface area contributed by atoms with E-state index in [1.807, 2.05) is 6.92 Å². The van der Waals surface area contributed by atoms with E-state index in [0.717, 1.165) is 26.1 Å². The molecule has 2 aliphatic heterocycles. The fraction of sp³-hybridized carbons (Fsp3) is 0.650. The Labute approximate surface area is 186 Å². The third kappa shape index (κ3) is 6.06. The maximum Gasteiger partial charge on any atom is 0.191 e. The SMILES string of the molecule is CCNC(=NCC(C)(C)N1CCc2ccccc2C1)NC1CCS(=O)(=O)C1.I. The number of guanidine groups is 1. The number of nitrogens with zero attached hydrogens (tertiary/aromatic N) is 2. The summed E-state index contributed by atoms with van der Waals surface area (Å²) in [6, 6.07) is 8.61. The number of hydrogen-bond donors (Lipinski definition) is 2. The molecular weight excluding hydrogens is 487 g/mol. The molecule has 28 heavy (non-hydrogen) atoms. The Morgan fingerprint density at radius 3 is 2.64 bits per heavy atom. The molecule has 0 aromatic heterocycles. The molecule has 1 atom stereocenters. The lowest BCUT2D eigenvalue weighted by Gasteiger charge is -2.40. The van der Waals surface area contributed by atoms with Gasteiger partial charge in [0.15, 0.2) is 15.8 Å². The van der Waals surface area contributed by atoms with Gasteiger partial charge in [0.1, 0.15) is 0 Å². The zero-order valence-corrected chi connectivity index (χ0v) is 20.2. The molecule has 8 heteroatoms. The normalized spacial score (nSPS) is 22.2. The number of benzene rings is 1. The largest absolute Gasteiger partial charge is 0.357 e. The molecule has 0 amide bonds. The highest BCUT2D eigenvalue weighted by molar-refractivity contribution is 14.0. The minimum Gasteiger partial charge on any atom is -0.357 e. The van der Waals surface area contributed by atoms with Gasteiger partial charge >= 0.3 is 0 Å². The molecule has 2 heterocycles. The number of aliphatic imine (C=N–C) groups is 1. The van der Waals surface area contributed by atoms with Gasteiger partial charge < -0.3 is 10.6 Å². The number of sulfone groups is 1. The van der Waals surface area contributed by atoms with Crippen LogP contribution in [-0.4, -0.2) is 62.0 Å². The van der Waals surface area contributed by atoms with Gasteiger partial charge in [-0.05, 0) is 44.7 Å². The Hall–Kier alpha value is -0.870. The number of fused-ring (bicyclic) bond motifs is 1. The van der Waals surface area contributed by atoms with Crippen LogP contribution in [0.5, 0.6) is 0 Å². The topological polar surface area (TPSA) is 73.8 Å². The van der Waals surface area contributed by atoms with E-state index in [1.165, 1.54) is 11.1 Å². The van der Waals surface area contributed by atoms with Crippen LogP contribution >= 0.6 is 24.0 Å². The predicted octanol–water partition coefficient (Wildman–Crippen LogP) is 2.18. The van der Waals surface area contributed by atoms with Crippen molar-refractivity contribution in [3.8, 4) is 0 Å². The summed E-state index contributed by atoms with van der Waals surface area (Å²) >= 11 is 0. The van der Waals surface area contributed by atoms with Crippen molar-refractivity contribution in [2.75, 3.05) is 31.1 Å². The summed E-state index contributed by atoms with van der Waals surface area (Å²) < 4.78 is 23.4. The highest BCUT2D eigenvalue weighted by atomic mass is 127. The zero-order valence-electron chi connectivity index (χ0n) is 17.1. The van der Waals surface area contributed by atoms with Gasteiger partial charge in [0, 0.05) is 31.2 Å². The van der Waals surface area contributed by atoms with Crippen LogP contribution in [-0.2, 0) is 22.8 Å². The minimum absolute atomic E-state index is 0. The van der Waals surface area contributed by atoms with E-state index in [2.05, 4.69) is 53.6 Å². The van der Waals surface area contributed by atoms with Gasteiger partial charge in [-0.3, -0.25) is 9.89 Å². The van der Waals surface area contributed by atoms with Crippen LogP contribution < -0.4 is 10.6 Å². The summed E-state index contributed by atoms with van der Waals surface area (Å²) in [4.78, 5) is 7.27. The Bertz CT molecular complexity index is 795. The lowest BCUT2D eigenvalue weighted by atomic mass is 9.94. The first kappa shape index (κ1) is 23.4. The first-order chi connectivity index (χ1) is 12.8. The van der Waals surface area contributed by atoms with E-state index in [9.17, 15) is 8.42 Å². The van der Waals surface area contributed by atoms with Gasteiger partial charge in [-0.15, -0.1) is 24.0 Å². The van der Waals surface area contributed by atoms with E-state index in [1.54, 1.807) is 0 Å². The third-order valence-electron chi connectivity index (χ3n) is 5.53. The fourth-order valence-electron chi connectivity index (χ4n) is 3.81. The van der Waals surface area contributed by atoms with Gasteiger partial charge in [-0.25, -0.2) is 8.42 Å². The monoisotopic (exact) mass is 520 g/mol. The van der Waals surface area contributed by atoms with E-state index >= 15 is 0 Å². The molecule has 1 aromatic carbocycles. The van der Waals surface area contributed by atoms with Crippen molar-refractivity contribution in [2.45, 2.75) is 51.7 Å². The standard InChI is InChI=1S/C20H32N4O2S.HI/c1-4-21-19(23-18-10-12-27(25,26)14-18)22-15-20(2,3)24-11-9-16-7-5-6-8-17(16)13-24;/h5-8,18H,4,9-15H2,1-3H3,(H2,21,22,23);1H. The smallest absolute Gasteiger partial charge is 0.191 e. The van der Waals surface area contributed by atoms with Gasteiger partial charge in [-0.1, -0.05) is 24.3 Å². The molecule has 0 radical (unpaired) electrons. The van der Waals surface area contributed by atoms with Crippen LogP contribution in [0.15, 0.2) is 29.3 Å². The van der Waals surface area contributed by atoms with Crippen molar-refractivity contribution >= 4 is 39.8 Å². The minimum atomic E-state index is -2.90. The molecule has 3 rings (SSSR count). The highest BCUT2D eigenvalue weighted by Crippen LogP contribution is 2.25.